The molecule has 92 valence electrons. The van der Waals surface area contributed by atoms with Gasteiger partial charge in [0, 0.05) is 11.8 Å². The number of aromatic nitrogens is 1. The van der Waals surface area contributed by atoms with Crippen molar-refractivity contribution in [1.82, 2.24) is 4.98 Å². The molecule has 0 saturated carbocycles. The van der Waals surface area contributed by atoms with Crippen molar-refractivity contribution in [3.63, 3.8) is 0 Å². The van der Waals surface area contributed by atoms with E-state index in [2.05, 4.69) is 4.98 Å². The Morgan fingerprint density at radius 3 is 2.33 bits per heavy atom. The van der Waals surface area contributed by atoms with E-state index in [0.717, 1.165) is 23.2 Å². The summed E-state index contributed by atoms with van der Waals surface area (Å²) < 4.78 is 10.1. The van der Waals surface area contributed by atoms with E-state index in [9.17, 15) is 4.79 Å². The average Bonchev–Trinajstić information content (AvgIpc) is 2.46. The Balaban J connectivity index is 2.40. The normalized spacial score (nSPS) is 9.89. The molecule has 0 N–H and O–H groups in total. The van der Waals surface area contributed by atoms with Gasteiger partial charge in [0.2, 0.25) is 5.88 Å². The second-order valence-corrected chi connectivity index (χ2v) is 3.67. The first kappa shape index (κ1) is 12.1. The van der Waals surface area contributed by atoms with Crippen LogP contribution >= 0.6 is 0 Å². The van der Waals surface area contributed by atoms with Crippen molar-refractivity contribution in [2.24, 2.45) is 0 Å². The zero-order valence-electron chi connectivity index (χ0n) is 10.2. The van der Waals surface area contributed by atoms with Crippen LogP contribution in [0.1, 0.15) is 10.4 Å². The fourth-order valence-electron chi connectivity index (χ4n) is 1.67. The number of benzene rings is 1. The van der Waals surface area contributed by atoms with Gasteiger partial charge in [-0.3, -0.25) is 4.79 Å². The van der Waals surface area contributed by atoms with Gasteiger partial charge in [-0.1, -0.05) is 12.1 Å². The highest BCUT2D eigenvalue weighted by Gasteiger charge is 2.06. The predicted molar refractivity (Wildman–Crippen MR) is 68.2 cm³/mol. The van der Waals surface area contributed by atoms with E-state index in [4.69, 9.17) is 9.47 Å². The van der Waals surface area contributed by atoms with Gasteiger partial charge in [0.25, 0.3) is 0 Å². The predicted octanol–water partition coefficient (Wildman–Crippen LogP) is 2.58. The molecular formula is C14H13NO3. The van der Waals surface area contributed by atoms with Crippen LogP contribution in [0, 0.1) is 0 Å². The van der Waals surface area contributed by atoms with Crippen molar-refractivity contribution in [1.29, 1.82) is 0 Å². The van der Waals surface area contributed by atoms with Crippen LogP contribution < -0.4 is 9.47 Å². The van der Waals surface area contributed by atoms with E-state index in [1.54, 1.807) is 19.4 Å². The van der Waals surface area contributed by atoms with Gasteiger partial charge in [-0.15, -0.1) is 0 Å². The summed E-state index contributed by atoms with van der Waals surface area (Å²) in [6, 6.07) is 9.30. The van der Waals surface area contributed by atoms with Crippen molar-refractivity contribution >= 4 is 6.29 Å². The second-order valence-electron chi connectivity index (χ2n) is 3.67. The molecule has 1 heterocycles. The summed E-state index contributed by atoms with van der Waals surface area (Å²) in [6.07, 6.45) is 2.41. The van der Waals surface area contributed by atoms with Gasteiger partial charge in [0.05, 0.1) is 19.8 Å². The van der Waals surface area contributed by atoms with E-state index in [1.807, 2.05) is 24.3 Å². The van der Waals surface area contributed by atoms with Crippen LogP contribution in [0.3, 0.4) is 0 Å². The molecule has 0 aliphatic rings. The topological polar surface area (TPSA) is 48.4 Å². The molecule has 0 bridgehead atoms. The quantitative estimate of drug-likeness (QED) is 0.774. The summed E-state index contributed by atoms with van der Waals surface area (Å²) in [4.78, 5) is 15.0. The maximum absolute atomic E-state index is 10.9. The molecule has 0 aliphatic heterocycles. The van der Waals surface area contributed by atoms with Gasteiger partial charge in [-0.2, -0.15) is 0 Å². The SMILES string of the molecule is COc1ccc(-c2cnc(OC)c(C=O)c2)cc1. The highest BCUT2D eigenvalue weighted by atomic mass is 16.5. The standard InChI is InChI=1S/C14H13NO3/c1-17-13-5-3-10(4-6-13)11-7-12(9-16)14(18-2)15-8-11/h3-9H,1-2H3. The maximum Gasteiger partial charge on any atom is 0.223 e. The molecule has 0 spiro atoms. The molecule has 4 nitrogen and oxygen atoms in total. The second kappa shape index (κ2) is 5.31. The number of hydrogen-bond donors (Lipinski definition) is 0. The van der Waals surface area contributed by atoms with E-state index < -0.39 is 0 Å². The first-order chi connectivity index (χ1) is 8.78. The summed E-state index contributed by atoms with van der Waals surface area (Å²) in [5, 5.41) is 0. The lowest BCUT2D eigenvalue weighted by atomic mass is 10.1. The minimum atomic E-state index is 0.335. The molecule has 0 amide bonds. The molecule has 1 aromatic heterocycles. The zero-order chi connectivity index (χ0) is 13.0. The molecule has 2 rings (SSSR count). The number of carbonyl (C=O) groups excluding carboxylic acids is 1. The smallest absolute Gasteiger partial charge is 0.223 e. The van der Waals surface area contributed by atoms with E-state index in [-0.39, 0.29) is 0 Å². The molecule has 2 aromatic rings. The molecule has 0 aliphatic carbocycles. The number of aldehydes is 1. The molecule has 18 heavy (non-hydrogen) atoms. The Bertz CT molecular complexity index is 549. The van der Waals surface area contributed by atoms with Crippen molar-refractivity contribution < 1.29 is 14.3 Å². The Labute approximate surface area is 105 Å². The van der Waals surface area contributed by atoms with Crippen LogP contribution in [0.4, 0.5) is 0 Å². The van der Waals surface area contributed by atoms with Gasteiger partial charge < -0.3 is 9.47 Å². The van der Waals surface area contributed by atoms with Gasteiger partial charge in [0.15, 0.2) is 6.29 Å². The monoisotopic (exact) mass is 243 g/mol. The number of nitrogens with zero attached hydrogens (tertiary/aromatic N) is 1. The van der Waals surface area contributed by atoms with Gasteiger partial charge >= 0.3 is 0 Å². The van der Waals surface area contributed by atoms with Gasteiger partial charge in [-0.25, -0.2) is 4.98 Å². The summed E-state index contributed by atoms with van der Waals surface area (Å²) in [7, 11) is 3.11. The summed E-state index contributed by atoms with van der Waals surface area (Å²) in [5.74, 6) is 1.12. The molecule has 1 aromatic carbocycles. The van der Waals surface area contributed by atoms with Crippen LogP contribution in [0.2, 0.25) is 0 Å². The summed E-state index contributed by atoms with van der Waals surface area (Å²) in [6.45, 7) is 0. The zero-order valence-corrected chi connectivity index (χ0v) is 10.2. The van der Waals surface area contributed by atoms with Crippen molar-refractivity contribution in [2.45, 2.75) is 0 Å². The number of rotatable bonds is 4. The largest absolute Gasteiger partial charge is 0.497 e. The molecule has 0 unspecified atom stereocenters. The third kappa shape index (κ3) is 2.32. The van der Waals surface area contributed by atoms with Crippen LogP contribution in [0.25, 0.3) is 11.1 Å². The number of carbonyl (C=O) groups is 1. The third-order valence-corrected chi connectivity index (χ3v) is 2.62. The Morgan fingerprint density at radius 2 is 1.78 bits per heavy atom. The van der Waals surface area contributed by atoms with Gasteiger partial charge in [0.1, 0.15) is 5.75 Å². The number of hydrogen-bond acceptors (Lipinski definition) is 4. The van der Waals surface area contributed by atoms with E-state index in [0.29, 0.717) is 11.4 Å². The lowest BCUT2D eigenvalue weighted by Gasteiger charge is -2.06. The molecule has 0 fully saturated rings. The van der Waals surface area contributed by atoms with E-state index in [1.165, 1.54) is 7.11 Å². The van der Waals surface area contributed by atoms with Crippen LogP contribution in [-0.2, 0) is 0 Å². The molecular weight excluding hydrogens is 230 g/mol. The molecule has 0 atom stereocenters. The fraction of sp³-hybridized carbons (Fsp3) is 0.143. The Kier molecular flexibility index (Phi) is 3.57. The minimum Gasteiger partial charge on any atom is -0.497 e. The molecule has 0 saturated heterocycles. The van der Waals surface area contributed by atoms with Crippen LogP contribution in [0.15, 0.2) is 36.5 Å². The first-order valence-electron chi connectivity index (χ1n) is 5.42. The third-order valence-electron chi connectivity index (χ3n) is 2.62. The number of pyridine rings is 1. The highest BCUT2D eigenvalue weighted by Crippen LogP contribution is 2.25. The number of methoxy groups -OCH3 is 2. The highest BCUT2D eigenvalue weighted by molar-refractivity contribution is 5.81. The molecule has 4 heteroatoms. The lowest BCUT2D eigenvalue weighted by molar-refractivity contribution is 0.112. The van der Waals surface area contributed by atoms with Crippen molar-refractivity contribution in [3.8, 4) is 22.8 Å². The maximum atomic E-state index is 10.9. The molecule has 0 radical (unpaired) electrons. The summed E-state index contributed by atoms with van der Waals surface area (Å²) >= 11 is 0. The van der Waals surface area contributed by atoms with Crippen LogP contribution in [0.5, 0.6) is 11.6 Å². The minimum absolute atomic E-state index is 0.335. The average molecular weight is 243 g/mol. The van der Waals surface area contributed by atoms with E-state index >= 15 is 0 Å². The Hall–Kier alpha value is -2.36. The number of ether oxygens (including phenoxy) is 2. The van der Waals surface area contributed by atoms with Crippen LogP contribution in [-0.4, -0.2) is 25.5 Å². The fourth-order valence-corrected chi connectivity index (χ4v) is 1.67. The van der Waals surface area contributed by atoms with Crippen molar-refractivity contribution in [3.05, 3.63) is 42.1 Å². The first-order valence-corrected chi connectivity index (χ1v) is 5.42. The van der Waals surface area contributed by atoms with Crippen molar-refractivity contribution in [2.75, 3.05) is 14.2 Å². The van der Waals surface area contributed by atoms with Gasteiger partial charge in [-0.05, 0) is 23.8 Å². The lowest BCUT2D eigenvalue weighted by Crippen LogP contribution is -1.94. The summed E-state index contributed by atoms with van der Waals surface area (Å²) in [5.41, 5.74) is 2.26. The Morgan fingerprint density at radius 1 is 1.06 bits per heavy atom.